The van der Waals surface area contributed by atoms with E-state index < -0.39 is 17.8 Å². The van der Waals surface area contributed by atoms with E-state index in [9.17, 15) is 14.4 Å². The van der Waals surface area contributed by atoms with Crippen LogP contribution < -0.4 is 19.7 Å². The number of hydrogen-bond donors (Lipinski definition) is 1. The van der Waals surface area contributed by atoms with Crippen LogP contribution in [0, 0.1) is 0 Å². The van der Waals surface area contributed by atoms with E-state index in [4.69, 9.17) is 32.7 Å². The number of urea groups is 1. The number of carbonyl (C=O) groups excluding carboxylic acids is 3. The molecular weight excluding hydrogens is 503 g/mol. The van der Waals surface area contributed by atoms with Crippen LogP contribution in [0.4, 0.5) is 10.5 Å². The van der Waals surface area contributed by atoms with Crippen molar-refractivity contribution in [2.24, 2.45) is 0 Å². The van der Waals surface area contributed by atoms with Gasteiger partial charge in [-0.15, -0.1) is 0 Å². The Balaban J connectivity index is 1.67. The van der Waals surface area contributed by atoms with Crippen LogP contribution in [-0.4, -0.2) is 31.6 Å². The van der Waals surface area contributed by atoms with Gasteiger partial charge >= 0.3 is 6.03 Å². The smallest absolute Gasteiger partial charge is 0.335 e. The van der Waals surface area contributed by atoms with Gasteiger partial charge in [-0.1, -0.05) is 41.4 Å². The molecule has 1 saturated heterocycles. The highest BCUT2D eigenvalue weighted by atomic mass is 35.5. The summed E-state index contributed by atoms with van der Waals surface area (Å²) in [6.07, 6.45) is 1.80. The molecule has 0 radical (unpaired) electrons. The van der Waals surface area contributed by atoms with Crippen molar-refractivity contribution in [3.63, 3.8) is 0 Å². The van der Waals surface area contributed by atoms with E-state index in [1.807, 2.05) is 25.1 Å². The number of benzene rings is 3. The lowest BCUT2D eigenvalue weighted by atomic mass is 10.00. The maximum absolute atomic E-state index is 13.2. The summed E-state index contributed by atoms with van der Waals surface area (Å²) in [7, 11) is 1.50. The molecular formula is C27H22Cl2N2O5. The van der Waals surface area contributed by atoms with Gasteiger partial charge in [-0.2, -0.15) is 0 Å². The van der Waals surface area contributed by atoms with Gasteiger partial charge in [-0.25, -0.2) is 9.69 Å². The molecule has 1 aliphatic rings. The number of anilines is 1. The number of rotatable bonds is 7. The zero-order valence-electron chi connectivity index (χ0n) is 19.5. The van der Waals surface area contributed by atoms with Gasteiger partial charge in [0.1, 0.15) is 17.1 Å². The normalized spacial score (nSPS) is 14.7. The lowest BCUT2D eigenvalue weighted by Crippen LogP contribution is -2.54. The molecule has 3 aromatic rings. The third kappa shape index (κ3) is 5.22. The Morgan fingerprint density at radius 2 is 1.69 bits per heavy atom. The highest BCUT2D eigenvalue weighted by molar-refractivity contribution is 6.39. The number of nitrogens with zero attached hydrogens (tertiary/aromatic N) is 1. The molecule has 1 fully saturated rings. The summed E-state index contributed by atoms with van der Waals surface area (Å²) < 4.78 is 10.9. The van der Waals surface area contributed by atoms with Crippen molar-refractivity contribution in [1.29, 1.82) is 0 Å². The van der Waals surface area contributed by atoms with Crippen LogP contribution in [0.15, 0.2) is 66.2 Å². The molecule has 3 aromatic carbocycles. The summed E-state index contributed by atoms with van der Waals surface area (Å²) in [5, 5.41) is 3.19. The van der Waals surface area contributed by atoms with E-state index in [0.29, 0.717) is 51.4 Å². The van der Waals surface area contributed by atoms with Crippen LogP contribution >= 0.6 is 23.2 Å². The average Bonchev–Trinajstić information content (AvgIpc) is 2.85. The quantitative estimate of drug-likeness (QED) is 0.318. The molecule has 1 N–H and O–H groups in total. The first-order valence-corrected chi connectivity index (χ1v) is 11.8. The molecule has 4 rings (SSSR count). The molecule has 1 heterocycles. The van der Waals surface area contributed by atoms with Crippen molar-refractivity contribution in [3.05, 3.63) is 93.0 Å². The number of halogens is 2. The number of barbiturate groups is 1. The molecule has 36 heavy (non-hydrogen) atoms. The first kappa shape index (κ1) is 25.3. The predicted molar refractivity (Wildman–Crippen MR) is 139 cm³/mol. The van der Waals surface area contributed by atoms with Crippen LogP contribution in [0.5, 0.6) is 11.5 Å². The summed E-state index contributed by atoms with van der Waals surface area (Å²) in [6, 6.07) is 16.3. The second-order valence-electron chi connectivity index (χ2n) is 7.84. The molecule has 0 aliphatic carbocycles. The maximum atomic E-state index is 13.2. The van der Waals surface area contributed by atoms with Gasteiger partial charge in [0.25, 0.3) is 11.8 Å². The zero-order valence-corrected chi connectivity index (χ0v) is 21.0. The first-order chi connectivity index (χ1) is 17.3. The summed E-state index contributed by atoms with van der Waals surface area (Å²) >= 11 is 12.9. The molecule has 0 aromatic heterocycles. The number of nitrogens with one attached hydrogen (secondary N) is 1. The Labute approximate surface area is 218 Å². The van der Waals surface area contributed by atoms with E-state index in [1.165, 1.54) is 13.2 Å². The van der Waals surface area contributed by atoms with Crippen LogP contribution in [0.1, 0.15) is 23.6 Å². The van der Waals surface area contributed by atoms with Crippen molar-refractivity contribution in [2.45, 2.75) is 13.3 Å². The number of methoxy groups -OCH3 is 1. The van der Waals surface area contributed by atoms with E-state index in [1.54, 1.807) is 42.5 Å². The number of amides is 4. The van der Waals surface area contributed by atoms with Gasteiger partial charge in [0, 0.05) is 22.0 Å². The molecule has 0 spiro atoms. The van der Waals surface area contributed by atoms with Gasteiger partial charge in [-0.05, 0) is 66.6 Å². The molecule has 184 valence electrons. The van der Waals surface area contributed by atoms with Crippen molar-refractivity contribution in [1.82, 2.24) is 5.32 Å². The molecule has 0 bridgehead atoms. The molecule has 0 atom stereocenters. The van der Waals surface area contributed by atoms with Gasteiger partial charge in [0.15, 0.2) is 0 Å². The average molecular weight is 525 g/mol. The Morgan fingerprint density at radius 3 is 2.36 bits per heavy atom. The number of hydrogen-bond acceptors (Lipinski definition) is 5. The number of ether oxygens (including phenoxy) is 2. The minimum Gasteiger partial charge on any atom is -0.496 e. The molecule has 1 aliphatic heterocycles. The Kier molecular flexibility index (Phi) is 7.62. The lowest BCUT2D eigenvalue weighted by molar-refractivity contribution is -0.122. The van der Waals surface area contributed by atoms with E-state index >= 15 is 0 Å². The van der Waals surface area contributed by atoms with Crippen LogP contribution in [0.2, 0.25) is 10.0 Å². The van der Waals surface area contributed by atoms with E-state index in [0.717, 1.165) is 10.5 Å². The maximum Gasteiger partial charge on any atom is 0.335 e. The van der Waals surface area contributed by atoms with Gasteiger partial charge < -0.3 is 9.47 Å². The lowest BCUT2D eigenvalue weighted by Gasteiger charge is -2.26. The monoisotopic (exact) mass is 524 g/mol. The van der Waals surface area contributed by atoms with Crippen molar-refractivity contribution in [2.75, 3.05) is 18.6 Å². The number of carbonyl (C=O) groups is 3. The number of imide groups is 2. The summed E-state index contributed by atoms with van der Waals surface area (Å²) in [6.45, 7) is 2.33. The van der Waals surface area contributed by atoms with Crippen LogP contribution in [0.25, 0.3) is 6.08 Å². The molecule has 7 nitrogen and oxygen atoms in total. The topological polar surface area (TPSA) is 84.9 Å². The Hall–Kier alpha value is -3.81. The van der Waals surface area contributed by atoms with Crippen molar-refractivity contribution < 1.29 is 23.9 Å². The molecule has 0 saturated carbocycles. The van der Waals surface area contributed by atoms with E-state index in [2.05, 4.69) is 5.32 Å². The van der Waals surface area contributed by atoms with Crippen LogP contribution in [0.3, 0.4) is 0 Å². The summed E-state index contributed by atoms with van der Waals surface area (Å²) in [5.41, 5.74) is 2.11. The zero-order chi connectivity index (χ0) is 25.8. The Bertz CT molecular complexity index is 1370. The summed E-state index contributed by atoms with van der Waals surface area (Å²) in [5.74, 6) is -0.500. The standard InChI is InChI=1S/C27H22Cl2N2O5/c1-3-36-19-10-8-18(9-11-19)31-26(33)21(25(32)30-27(31)34)12-16-13-23(29)20(24(14-16)35-2)15-17-6-4-5-7-22(17)28/h4-14H,3,15H2,1-2H3,(H,30,32,34)/b21-12+. The highest BCUT2D eigenvalue weighted by Crippen LogP contribution is 2.34. The predicted octanol–water partition coefficient (Wildman–Crippen LogP) is 5.66. The fraction of sp³-hybridized carbons (Fsp3) is 0.148. The fourth-order valence-electron chi connectivity index (χ4n) is 3.82. The second-order valence-corrected chi connectivity index (χ2v) is 8.65. The third-order valence-corrected chi connectivity index (χ3v) is 6.25. The van der Waals surface area contributed by atoms with Gasteiger partial charge in [-0.3, -0.25) is 14.9 Å². The fourth-order valence-corrected chi connectivity index (χ4v) is 4.31. The third-order valence-electron chi connectivity index (χ3n) is 5.54. The molecule has 0 unspecified atom stereocenters. The summed E-state index contributed by atoms with van der Waals surface area (Å²) in [4.78, 5) is 39.2. The molecule has 9 heteroatoms. The minimum absolute atomic E-state index is 0.222. The molecule has 4 amide bonds. The van der Waals surface area contributed by atoms with Crippen molar-refractivity contribution in [3.8, 4) is 11.5 Å². The van der Waals surface area contributed by atoms with Crippen LogP contribution in [-0.2, 0) is 16.0 Å². The second kappa shape index (κ2) is 10.8. The van der Waals surface area contributed by atoms with Gasteiger partial charge in [0.05, 0.1) is 19.4 Å². The Morgan fingerprint density at radius 1 is 0.972 bits per heavy atom. The van der Waals surface area contributed by atoms with E-state index in [-0.39, 0.29) is 5.57 Å². The van der Waals surface area contributed by atoms with Crippen molar-refractivity contribution >= 4 is 52.8 Å². The largest absolute Gasteiger partial charge is 0.496 e. The SMILES string of the molecule is CCOc1ccc(N2C(=O)NC(=O)/C(=C\c3cc(Cl)c(Cc4ccccc4Cl)c(OC)c3)C2=O)cc1. The first-order valence-electron chi connectivity index (χ1n) is 11.1. The van der Waals surface area contributed by atoms with Gasteiger partial charge in [0.2, 0.25) is 0 Å². The minimum atomic E-state index is -0.836. The highest BCUT2D eigenvalue weighted by Gasteiger charge is 2.36.